The summed E-state index contributed by atoms with van der Waals surface area (Å²) in [5.41, 5.74) is 0.965. The van der Waals surface area contributed by atoms with Crippen molar-refractivity contribution in [3.8, 4) is 11.5 Å². The zero-order valence-corrected chi connectivity index (χ0v) is 17.5. The molecule has 0 aromatic heterocycles. The van der Waals surface area contributed by atoms with Gasteiger partial charge < -0.3 is 25.2 Å². The molecule has 0 heterocycles. The molecule has 6 nitrogen and oxygen atoms in total. The fourth-order valence-corrected chi connectivity index (χ4v) is 2.33. The van der Waals surface area contributed by atoms with E-state index in [-0.39, 0.29) is 30.5 Å². The van der Waals surface area contributed by atoms with E-state index in [1.165, 1.54) is 0 Å². The summed E-state index contributed by atoms with van der Waals surface area (Å²) in [7, 11) is 1.55. The molecule has 0 aliphatic carbocycles. The van der Waals surface area contributed by atoms with E-state index in [1.54, 1.807) is 25.3 Å². The maximum atomic E-state index is 12.6. The first-order valence-corrected chi connectivity index (χ1v) is 8.89. The number of benzene rings is 2. The van der Waals surface area contributed by atoms with Crippen LogP contribution in [0.1, 0.15) is 31.1 Å². The molecule has 3 N–H and O–H groups in total. The summed E-state index contributed by atoms with van der Waals surface area (Å²) in [5, 5.41) is 16.2. The molecule has 1 amide bonds. The Morgan fingerprint density at radius 3 is 2.43 bits per heavy atom. The Kier molecular flexibility index (Phi) is 9.25. The second-order valence-electron chi connectivity index (χ2n) is 7.28. The number of ether oxygens (including phenoxy) is 2. The van der Waals surface area contributed by atoms with Crippen LogP contribution >= 0.6 is 12.4 Å². The highest BCUT2D eigenvalue weighted by Gasteiger charge is 2.17. The first-order chi connectivity index (χ1) is 12.8. The Morgan fingerprint density at radius 2 is 1.82 bits per heavy atom. The molecule has 2 rings (SSSR count). The number of nitrogens with one attached hydrogen (secondary N) is 2. The van der Waals surface area contributed by atoms with Crippen LogP contribution in [0.25, 0.3) is 0 Å². The van der Waals surface area contributed by atoms with Gasteiger partial charge >= 0.3 is 0 Å². The fraction of sp³-hybridized carbons (Fsp3) is 0.381. The Labute approximate surface area is 172 Å². The molecule has 1 atom stereocenters. The normalized spacial score (nSPS) is 11.9. The van der Waals surface area contributed by atoms with E-state index in [2.05, 4.69) is 10.6 Å². The van der Waals surface area contributed by atoms with E-state index in [9.17, 15) is 9.90 Å². The predicted molar refractivity (Wildman–Crippen MR) is 114 cm³/mol. The lowest BCUT2D eigenvalue weighted by Crippen LogP contribution is -2.42. The van der Waals surface area contributed by atoms with Gasteiger partial charge in [0.15, 0.2) is 0 Å². The van der Waals surface area contributed by atoms with E-state index < -0.39 is 6.10 Å². The molecule has 0 spiro atoms. The molecule has 0 radical (unpaired) electrons. The lowest BCUT2D eigenvalue weighted by molar-refractivity contribution is 0.0953. The van der Waals surface area contributed by atoms with Crippen LogP contribution in [0.2, 0.25) is 0 Å². The predicted octanol–water partition coefficient (Wildman–Crippen LogP) is 3.50. The maximum absolute atomic E-state index is 12.6. The van der Waals surface area contributed by atoms with Crippen LogP contribution in [0.4, 0.5) is 5.69 Å². The monoisotopic (exact) mass is 408 g/mol. The second kappa shape index (κ2) is 10.9. The molecule has 154 valence electrons. The third-order valence-electron chi connectivity index (χ3n) is 3.76. The number of hydrogen-bond donors (Lipinski definition) is 3. The number of rotatable bonds is 8. The molecular formula is C21H29ClN2O4. The summed E-state index contributed by atoms with van der Waals surface area (Å²) < 4.78 is 11.0. The van der Waals surface area contributed by atoms with Crippen molar-refractivity contribution in [2.24, 2.45) is 0 Å². The summed E-state index contributed by atoms with van der Waals surface area (Å²) in [6, 6.07) is 14.2. The molecule has 0 bridgehead atoms. The number of aliphatic hydroxyl groups excluding tert-OH is 1. The zero-order chi connectivity index (χ0) is 19.9. The van der Waals surface area contributed by atoms with Gasteiger partial charge in [0.05, 0.1) is 12.7 Å². The van der Waals surface area contributed by atoms with Crippen LogP contribution < -0.4 is 20.1 Å². The van der Waals surface area contributed by atoms with Crippen molar-refractivity contribution in [1.82, 2.24) is 5.32 Å². The van der Waals surface area contributed by atoms with E-state index >= 15 is 0 Å². The van der Waals surface area contributed by atoms with Crippen LogP contribution in [-0.2, 0) is 0 Å². The minimum absolute atomic E-state index is 0. The van der Waals surface area contributed by atoms with Crippen LogP contribution in [0, 0.1) is 0 Å². The van der Waals surface area contributed by atoms with Gasteiger partial charge in [-0.05, 0) is 45.0 Å². The van der Waals surface area contributed by atoms with Gasteiger partial charge in [0, 0.05) is 23.8 Å². The highest BCUT2D eigenvalue weighted by atomic mass is 35.5. The topological polar surface area (TPSA) is 79.8 Å². The number of hydrogen-bond acceptors (Lipinski definition) is 5. The molecule has 2 aromatic rings. The minimum atomic E-state index is -0.708. The molecule has 0 saturated heterocycles. The Bertz CT molecular complexity index is 748. The minimum Gasteiger partial charge on any atom is -0.497 e. The van der Waals surface area contributed by atoms with E-state index in [0.29, 0.717) is 29.3 Å². The van der Waals surface area contributed by atoms with Gasteiger partial charge in [-0.25, -0.2) is 0 Å². The van der Waals surface area contributed by atoms with Gasteiger partial charge in [-0.15, -0.1) is 12.4 Å². The number of β-amino-alcohol motifs (C(OH)–C–C–N with tert-alkyl or cyclic N) is 1. The van der Waals surface area contributed by atoms with Crippen LogP contribution in [0.15, 0.2) is 48.5 Å². The standard InChI is InChI=1S/C21H28N2O4.ClH/c1-21(2,3)22-13-16(24)14-27-19-12-17(26-4)10-11-18(19)20(25)23-15-8-6-5-7-9-15;/h5-12,16,22,24H,13-14H2,1-4H3,(H,23,25);1H. The van der Waals surface area contributed by atoms with Gasteiger partial charge in [0.25, 0.3) is 5.91 Å². The molecule has 7 heteroatoms. The molecular weight excluding hydrogens is 380 g/mol. The van der Waals surface area contributed by atoms with Crippen molar-refractivity contribution in [2.45, 2.75) is 32.4 Å². The number of halogens is 1. The summed E-state index contributed by atoms with van der Waals surface area (Å²) >= 11 is 0. The molecule has 0 aliphatic rings. The average molecular weight is 409 g/mol. The Balaban J connectivity index is 0.00000392. The first kappa shape index (κ1) is 23.8. The highest BCUT2D eigenvalue weighted by Crippen LogP contribution is 2.26. The summed E-state index contributed by atoms with van der Waals surface area (Å²) in [4.78, 5) is 12.6. The molecule has 28 heavy (non-hydrogen) atoms. The lowest BCUT2D eigenvalue weighted by Gasteiger charge is -2.23. The van der Waals surface area contributed by atoms with Crippen molar-refractivity contribution in [3.05, 3.63) is 54.1 Å². The van der Waals surface area contributed by atoms with Gasteiger partial charge in [-0.2, -0.15) is 0 Å². The van der Waals surface area contributed by atoms with Crippen molar-refractivity contribution in [1.29, 1.82) is 0 Å². The van der Waals surface area contributed by atoms with Gasteiger partial charge in [0.2, 0.25) is 0 Å². The largest absolute Gasteiger partial charge is 0.497 e. The third kappa shape index (κ3) is 7.76. The fourth-order valence-electron chi connectivity index (χ4n) is 2.33. The molecule has 0 saturated carbocycles. The van der Waals surface area contributed by atoms with Crippen LogP contribution in [-0.4, -0.2) is 42.9 Å². The summed E-state index contributed by atoms with van der Waals surface area (Å²) in [6.07, 6.45) is -0.708. The van der Waals surface area contributed by atoms with Crippen molar-refractivity contribution in [2.75, 3.05) is 25.6 Å². The van der Waals surface area contributed by atoms with E-state index in [4.69, 9.17) is 9.47 Å². The lowest BCUT2D eigenvalue weighted by atomic mass is 10.1. The Morgan fingerprint density at radius 1 is 1.14 bits per heavy atom. The Hall–Kier alpha value is -2.28. The average Bonchev–Trinajstić information content (AvgIpc) is 2.64. The number of amides is 1. The molecule has 2 aromatic carbocycles. The number of methoxy groups -OCH3 is 1. The number of aliphatic hydroxyl groups is 1. The van der Waals surface area contributed by atoms with Crippen molar-refractivity contribution >= 4 is 24.0 Å². The van der Waals surface area contributed by atoms with Crippen molar-refractivity contribution in [3.63, 3.8) is 0 Å². The summed E-state index contributed by atoms with van der Waals surface area (Å²) in [6.45, 7) is 6.51. The SMILES string of the molecule is COc1ccc(C(=O)Nc2ccccc2)c(OCC(O)CNC(C)(C)C)c1.Cl. The molecule has 0 fully saturated rings. The number of para-hydroxylation sites is 1. The van der Waals surface area contributed by atoms with Gasteiger partial charge in [-0.3, -0.25) is 4.79 Å². The smallest absolute Gasteiger partial charge is 0.259 e. The maximum Gasteiger partial charge on any atom is 0.259 e. The molecule has 0 aliphatic heterocycles. The van der Waals surface area contributed by atoms with E-state index in [1.807, 2.05) is 51.1 Å². The molecule has 1 unspecified atom stereocenters. The van der Waals surface area contributed by atoms with Gasteiger partial charge in [-0.1, -0.05) is 18.2 Å². The highest BCUT2D eigenvalue weighted by molar-refractivity contribution is 6.06. The third-order valence-corrected chi connectivity index (χ3v) is 3.76. The van der Waals surface area contributed by atoms with Crippen LogP contribution in [0.3, 0.4) is 0 Å². The van der Waals surface area contributed by atoms with Crippen molar-refractivity contribution < 1.29 is 19.4 Å². The zero-order valence-electron chi connectivity index (χ0n) is 16.7. The second-order valence-corrected chi connectivity index (χ2v) is 7.28. The van der Waals surface area contributed by atoms with Crippen LogP contribution in [0.5, 0.6) is 11.5 Å². The number of anilines is 1. The first-order valence-electron chi connectivity index (χ1n) is 8.89. The van der Waals surface area contributed by atoms with Gasteiger partial charge in [0.1, 0.15) is 24.2 Å². The van der Waals surface area contributed by atoms with E-state index in [0.717, 1.165) is 0 Å². The summed E-state index contributed by atoms with van der Waals surface area (Å²) in [5.74, 6) is 0.641. The number of carbonyl (C=O) groups excluding carboxylic acids is 1. The number of carbonyl (C=O) groups is 1. The quantitative estimate of drug-likeness (QED) is 0.623.